The van der Waals surface area contributed by atoms with E-state index >= 15 is 0 Å². The Bertz CT molecular complexity index is 9230. The minimum Gasteiger partial charge on any atom is -0.472 e. The van der Waals surface area contributed by atoms with Crippen LogP contribution >= 0.6 is 0 Å². The summed E-state index contributed by atoms with van der Waals surface area (Å²) in [6.07, 6.45) is 41.6. The number of hydrogen-bond acceptors (Lipinski definition) is 24. The molecule has 20 aromatic heterocycles. The van der Waals surface area contributed by atoms with E-state index in [0.717, 1.165) is 194 Å². The molecule has 12 N–H and O–H groups in total. The van der Waals surface area contributed by atoms with Crippen LogP contribution in [-0.2, 0) is 16.0 Å². The van der Waals surface area contributed by atoms with Gasteiger partial charge in [0.05, 0.1) is 167 Å². The molecule has 0 saturated carbocycles. The fourth-order valence-corrected chi connectivity index (χ4v) is 17.3. The van der Waals surface area contributed by atoms with Gasteiger partial charge in [0.2, 0.25) is 11.8 Å². The predicted molar refractivity (Wildman–Crippen MR) is 555 cm³/mol. The lowest BCUT2D eigenvalue weighted by Crippen LogP contribution is -2.17. The lowest BCUT2D eigenvalue weighted by Gasteiger charge is -2.11. The van der Waals surface area contributed by atoms with Crippen LogP contribution in [0.2, 0.25) is 0 Å². The maximum absolute atomic E-state index is 12.6. The number of benzene rings is 6. The van der Waals surface area contributed by atoms with Crippen LogP contribution in [0.5, 0.6) is 0 Å². The highest BCUT2D eigenvalue weighted by molar-refractivity contribution is 6.07. The second-order valence-electron chi connectivity index (χ2n) is 34.9. The number of hydrogen-bond donors (Lipinski definition) is 12. The van der Waals surface area contributed by atoms with Gasteiger partial charge in [-0.2, -0.15) is 20.4 Å². The van der Waals surface area contributed by atoms with E-state index in [9.17, 15) is 14.4 Å². The molecule has 0 aliphatic heterocycles. The number of pyridine rings is 8. The minimum atomic E-state index is -0.189. The zero-order valence-electron chi connectivity index (χ0n) is 77.6. The predicted octanol–water partition coefficient (Wildman–Crippen LogP) is 23.1. The van der Waals surface area contributed by atoms with Crippen LogP contribution in [0, 0.1) is 5.92 Å². The third-order valence-corrected chi connectivity index (χ3v) is 24.4. The molecule has 0 fully saturated rings. The van der Waals surface area contributed by atoms with Gasteiger partial charge in [-0.3, -0.25) is 74.7 Å². The van der Waals surface area contributed by atoms with Gasteiger partial charge in [-0.15, -0.1) is 0 Å². The fraction of sp³-hybridized carbons (Fsp3) is 0.0636. The number of carbonyl (C=O) groups excluding carboxylic acids is 3. The Morgan fingerprint density at radius 1 is 0.297 bits per heavy atom. The number of imidazole rings is 4. The van der Waals surface area contributed by atoms with Crippen LogP contribution in [0.25, 0.3) is 223 Å². The second-order valence-corrected chi connectivity index (χ2v) is 34.9. The first kappa shape index (κ1) is 88.6. The normalized spacial score (nSPS) is 11.4. The number of amides is 3. The molecule has 6 aromatic carbocycles. The lowest BCUT2D eigenvalue weighted by molar-refractivity contribution is -0.119. The van der Waals surface area contributed by atoms with Crippen molar-refractivity contribution in [2.75, 3.05) is 21.3 Å². The van der Waals surface area contributed by atoms with E-state index in [1.807, 2.05) is 178 Å². The van der Waals surface area contributed by atoms with Crippen molar-refractivity contribution in [2.24, 2.45) is 5.92 Å². The highest BCUT2D eigenvalue weighted by Crippen LogP contribution is 2.41. The van der Waals surface area contributed by atoms with Gasteiger partial charge in [0.25, 0.3) is 5.91 Å². The van der Waals surface area contributed by atoms with E-state index in [4.69, 9.17) is 37.6 Å². The van der Waals surface area contributed by atoms with Crippen LogP contribution in [0.3, 0.4) is 0 Å². The molecule has 0 unspecified atom stereocenters. The summed E-state index contributed by atoms with van der Waals surface area (Å²) in [7, 11) is 0. The first-order valence-corrected chi connectivity index (χ1v) is 46.1. The maximum atomic E-state index is 12.6. The molecule has 20 heterocycles. The monoisotopic (exact) mass is 1910 g/mol. The Hall–Kier alpha value is -20.4. The molecule has 35 heteroatoms. The number of carbonyl (C=O) groups is 3. The number of aromatic nitrogens is 24. The molecular weight excluding hydrogens is 1830 g/mol. The van der Waals surface area contributed by atoms with Crippen molar-refractivity contribution >= 4 is 128 Å². The third kappa shape index (κ3) is 18.4. The summed E-state index contributed by atoms with van der Waals surface area (Å²) in [5.74, 6) is 2.13. The average Bonchev–Trinajstić information content (AvgIpc) is 1.60. The number of aromatic amines is 8. The molecule has 0 atom stereocenters. The van der Waals surface area contributed by atoms with Crippen LogP contribution in [0.4, 0.5) is 22.7 Å². The summed E-state index contributed by atoms with van der Waals surface area (Å²) in [5.41, 5.74) is 32.0. The molecule has 35 nitrogen and oxygen atoms in total. The average molecular weight is 1910 g/mol. The van der Waals surface area contributed by atoms with Crippen molar-refractivity contribution in [1.29, 1.82) is 0 Å². The van der Waals surface area contributed by atoms with E-state index in [2.05, 4.69) is 154 Å². The van der Waals surface area contributed by atoms with Crippen molar-refractivity contribution < 1.29 is 32.1 Å². The molecule has 145 heavy (non-hydrogen) atoms. The number of H-pyrrole nitrogens is 8. The summed E-state index contributed by atoms with van der Waals surface area (Å²) < 4.78 is 21.0. The quantitative estimate of drug-likeness (QED) is 0.0318. The number of nitrogens with one attached hydrogen (secondary N) is 12. The zero-order valence-corrected chi connectivity index (χ0v) is 77.6. The topological polar surface area (TPSA) is 484 Å². The molecule has 0 bridgehead atoms. The van der Waals surface area contributed by atoms with Crippen LogP contribution in [0.1, 0.15) is 43.6 Å². The summed E-state index contributed by atoms with van der Waals surface area (Å²) in [6.45, 7) is 7.93. The smallest absolute Gasteiger partial charge is 0.255 e. The summed E-state index contributed by atoms with van der Waals surface area (Å²) >= 11 is 0. The van der Waals surface area contributed by atoms with Crippen molar-refractivity contribution in [2.45, 2.75) is 40.2 Å². The second kappa shape index (κ2) is 38.5. The largest absolute Gasteiger partial charge is 0.472 e. The zero-order chi connectivity index (χ0) is 98.0. The number of furan rings is 4. The Labute approximate surface area is 820 Å². The minimum absolute atomic E-state index is 0.0503. The molecule has 3 amide bonds. The molecule has 704 valence electrons. The van der Waals surface area contributed by atoms with Crippen molar-refractivity contribution in [3.05, 3.63) is 342 Å². The van der Waals surface area contributed by atoms with Gasteiger partial charge >= 0.3 is 0 Å². The number of nitrogens with zero attached hydrogens (tertiary/aromatic N) is 16. The molecule has 0 aliphatic carbocycles. The van der Waals surface area contributed by atoms with Gasteiger partial charge in [0.1, 0.15) is 44.8 Å². The molecule has 0 spiro atoms. The Balaban J connectivity index is 0.000000107. The van der Waals surface area contributed by atoms with Gasteiger partial charge in [-0.25, -0.2) is 19.9 Å². The van der Waals surface area contributed by atoms with Gasteiger partial charge < -0.3 is 58.9 Å². The van der Waals surface area contributed by atoms with Gasteiger partial charge in [0.15, 0.2) is 23.3 Å². The van der Waals surface area contributed by atoms with E-state index in [1.165, 1.54) is 0 Å². The molecule has 26 aromatic rings. The molecule has 0 saturated heterocycles. The number of fused-ring (bicyclic) bond motifs is 8. The Kier molecular flexibility index (Phi) is 23.5. The maximum Gasteiger partial charge on any atom is 0.255 e. The van der Waals surface area contributed by atoms with Crippen LogP contribution < -0.4 is 21.3 Å². The molecule has 26 rings (SSSR count). The van der Waals surface area contributed by atoms with Gasteiger partial charge in [0, 0.05) is 162 Å². The van der Waals surface area contributed by atoms with Gasteiger partial charge in [-0.1, -0.05) is 86.6 Å². The Morgan fingerprint density at radius 2 is 0.607 bits per heavy atom. The third-order valence-electron chi connectivity index (χ3n) is 24.4. The van der Waals surface area contributed by atoms with Crippen LogP contribution in [0.15, 0.2) is 349 Å². The highest BCUT2D eigenvalue weighted by atomic mass is 16.3. The summed E-state index contributed by atoms with van der Waals surface area (Å²) in [5, 5.41) is 46.5. The number of rotatable bonds is 21. The van der Waals surface area contributed by atoms with Crippen molar-refractivity contribution in [3.8, 4) is 135 Å². The molecule has 0 radical (unpaired) electrons. The fourth-order valence-electron chi connectivity index (χ4n) is 17.3. The summed E-state index contributed by atoms with van der Waals surface area (Å²) in [4.78, 5) is 105. The molecule has 0 aliphatic rings. The van der Waals surface area contributed by atoms with Gasteiger partial charge in [-0.05, 0) is 151 Å². The summed E-state index contributed by atoms with van der Waals surface area (Å²) in [6, 6.07) is 58.7. The molecular formula is C110H82N28O7. The first-order chi connectivity index (χ1) is 71.2. The number of anilines is 4. The van der Waals surface area contributed by atoms with E-state index in [1.54, 1.807) is 149 Å². The van der Waals surface area contributed by atoms with Crippen LogP contribution in [-0.4, -0.2) is 144 Å². The van der Waals surface area contributed by atoms with Crippen molar-refractivity contribution in [1.82, 2.24) is 121 Å². The SMILES string of the molecule is CC(C)C(=O)Nc1cncc(-c2ccc3[nH]nc(-c4nc5c(-c6ccoc6)cncc5[nH]4)c3c2)c1.CC(C)Nc1cncc(-c2ccc3[nH]nc(-c4nc5c(-c6ccoc6)cncc5[nH]4)c3c2)c1.O=C(Cc1ccccc1)Nc1cncc(-c2ccc3[nH]nc(-c4nc5c(-c6ccoc6)cncc5[nH]4)c3c2)c1.O=C(Nc1cncc(-c2ccc3[nH]nc(-c4nc5c(-c6ccoc6)cncc5[nH]4)c3c2)c1)c1ccccc1. The first-order valence-electron chi connectivity index (χ1n) is 46.1. The van der Waals surface area contributed by atoms with E-state index in [-0.39, 0.29) is 23.6 Å². The standard InChI is InChI=1S/C30H21N7O2.C29H19N7O2.C26H21N7O2.C25H21N7O/c38-27(10-18-4-2-1-3-5-18)33-22-11-21(13-31-14-22)19-6-7-25-23(12-19)29(37-36-25)30-34-26-16-32-15-24(28(26)35-30)20-8-9-39-17-20;37-29(17-4-2-1-3-5-17)32-21-10-20(12-30-13-21)18-6-7-24-22(11-18)27(36-35-24)28-33-25-15-31-14-23(26(25)34-28)19-8-9-38-16-19;1-14(2)26(34)29-18-7-17(9-27-10-18)15-3-4-21-19(8-15)24(33-32-21)25-30-22-12-28-11-20(23(22)31-25)16-5-6-35-13-16;1-14(2)28-18-7-17(9-26-10-18)15-3-4-21-19(8-15)24(32-31-21)25-29-22-12-27-11-20(23(22)30-25)16-5-6-33-13-16/h1-9,11-17H,10H2,(H,33,38)(H,34,35)(H,36,37);1-16H,(H,32,37)(H,33,34)(H,35,36);3-14H,1-2H3,(H,29,34)(H,30,31)(H,32,33);3-14,28H,1-2H3,(H,29,30)(H,31,32). The highest BCUT2D eigenvalue weighted by Gasteiger charge is 2.25. The van der Waals surface area contributed by atoms with Crippen molar-refractivity contribution in [3.63, 3.8) is 0 Å². The van der Waals surface area contributed by atoms with E-state index in [0.29, 0.717) is 75.5 Å². The Morgan fingerprint density at radius 3 is 0.931 bits per heavy atom. The van der Waals surface area contributed by atoms with E-state index < -0.39 is 0 Å². The lowest BCUT2D eigenvalue weighted by atomic mass is 10.0.